The zero-order valence-electron chi connectivity index (χ0n) is 20.4. The van der Waals surface area contributed by atoms with Gasteiger partial charge in [0, 0.05) is 74.2 Å². The second-order valence-electron chi connectivity index (χ2n) is 9.02. The van der Waals surface area contributed by atoms with Crippen LogP contribution in [0, 0.1) is 13.8 Å². The topological polar surface area (TPSA) is 108 Å². The average Bonchev–Trinajstić information content (AvgIpc) is 3.18. The van der Waals surface area contributed by atoms with Gasteiger partial charge >= 0.3 is 0 Å². The number of carbonyl (C=O) groups is 1. The number of H-pyrrole nitrogens is 1. The van der Waals surface area contributed by atoms with Crippen LogP contribution in [0.4, 0.5) is 11.6 Å². The molecule has 0 saturated carbocycles. The molecule has 10 heteroatoms. The van der Waals surface area contributed by atoms with E-state index in [0.29, 0.717) is 44.7 Å². The van der Waals surface area contributed by atoms with Gasteiger partial charge in [0.05, 0.1) is 13.2 Å². The molecule has 35 heavy (non-hydrogen) atoms. The lowest BCUT2D eigenvalue weighted by Crippen LogP contribution is -2.44. The Morgan fingerprint density at radius 2 is 1.91 bits per heavy atom. The smallest absolute Gasteiger partial charge is 0.274 e. The number of aromatic nitrogens is 3. The number of anilines is 2. The quantitative estimate of drug-likeness (QED) is 0.472. The summed E-state index contributed by atoms with van der Waals surface area (Å²) in [5.74, 6) is 0.609. The third kappa shape index (κ3) is 5.55. The maximum atomic E-state index is 13.2. The number of carbonyl (C=O) groups excluding carboxylic acids is 1. The van der Waals surface area contributed by atoms with Crippen molar-refractivity contribution >= 4 is 28.4 Å². The van der Waals surface area contributed by atoms with Crippen LogP contribution >= 0.6 is 0 Å². The number of benzene rings is 1. The maximum Gasteiger partial charge on any atom is 0.274 e. The number of piperazine rings is 1. The molecule has 0 spiro atoms. The van der Waals surface area contributed by atoms with E-state index in [0.717, 1.165) is 55.0 Å². The van der Waals surface area contributed by atoms with Crippen LogP contribution < -0.4 is 20.3 Å². The monoisotopic (exact) mass is 479 g/mol. The van der Waals surface area contributed by atoms with Gasteiger partial charge in [0.25, 0.3) is 5.91 Å². The lowest BCUT2D eigenvalue weighted by molar-refractivity contribution is 0.102. The molecule has 10 nitrogen and oxygen atoms in total. The van der Waals surface area contributed by atoms with Gasteiger partial charge in [-0.15, -0.1) is 0 Å². The van der Waals surface area contributed by atoms with E-state index in [1.807, 2.05) is 30.0 Å². The molecular formula is C25H33N7O3. The van der Waals surface area contributed by atoms with Gasteiger partial charge in [-0.05, 0) is 37.6 Å². The molecule has 2 saturated heterocycles. The predicted molar refractivity (Wildman–Crippen MR) is 136 cm³/mol. The summed E-state index contributed by atoms with van der Waals surface area (Å²) in [4.78, 5) is 30.2. The van der Waals surface area contributed by atoms with Crippen molar-refractivity contribution in [3.8, 4) is 5.88 Å². The minimum absolute atomic E-state index is 0.278. The van der Waals surface area contributed by atoms with Crippen LogP contribution in [0.5, 0.6) is 5.88 Å². The Bertz CT molecular complexity index is 1180. The molecule has 0 unspecified atom stereocenters. The van der Waals surface area contributed by atoms with E-state index in [-0.39, 0.29) is 11.6 Å². The van der Waals surface area contributed by atoms with Crippen LogP contribution in [-0.4, -0.2) is 91.4 Å². The molecule has 0 bridgehead atoms. The molecule has 0 radical (unpaired) electrons. The number of nitrogens with one attached hydrogen (secondary N) is 3. The first-order valence-electron chi connectivity index (χ1n) is 12.2. The summed E-state index contributed by atoms with van der Waals surface area (Å²) in [6, 6.07) is 7.49. The number of aryl methyl sites for hydroxylation is 2. The molecule has 186 valence electrons. The Kier molecular flexibility index (Phi) is 7.12. The van der Waals surface area contributed by atoms with Gasteiger partial charge in [0.2, 0.25) is 11.8 Å². The third-order valence-electron chi connectivity index (χ3n) is 6.65. The van der Waals surface area contributed by atoms with Crippen molar-refractivity contribution in [1.29, 1.82) is 0 Å². The number of hydrogen-bond donors (Lipinski definition) is 3. The normalized spacial score (nSPS) is 17.0. The highest BCUT2D eigenvalue weighted by Gasteiger charge is 2.20. The second kappa shape index (κ2) is 10.6. The number of aromatic amines is 1. The number of fused-ring (bicyclic) bond motifs is 1. The largest absolute Gasteiger partial charge is 0.476 e. The Morgan fingerprint density at radius 1 is 1.11 bits per heavy atom. The van der Waals surface area contributed by atoms with Crippen LogP contribution in [0.3, 0.4) is 0 Å². The molecule has 3 N–H and O–H groups in total. The molecule has 2 fully saturated rings. The number of rotatable bonds is 7. The predicted octanol–water partition coefficient (Wildman–Crippen LogP) is 1.95. The molecule has 4 heterocycles. The molecule has 1 aromatic carbocycles. The van der Waals surface area contributed by atoms with Crippen molar-refractivity contribution in [1.82, 2.24) is 25.2 Å². The van der Waals surface area contributed by atoms with E-state index < -0.39 is 0 Å². The fourth-order valence-corrected chi connectivity index (χ4v) is 4.46. The van der Waals surface area contributed by atoms with Crippen LogP contribution in [0.15, 0.2) is 24.3 Å². The summed E-state index contributed by atoms with van der Waals surface area (Å²) >= 11 is 0. The third-order valence-corrected chi connectivity index (χ3v) is 6.65. The molecule has 3 aromatic rings. The summed E-state index contributed by atoms with van der Waals surface area (Å²) in [7, 11) is 0. The van der Waals surface area contributed by atoms with Crippen LogP contribution in [0.25, 0.3) is 10.9 Å². The molecule has 5 rings (SSSR count). The van der Waals surface area contributed by atoms with Gasteiger partial charge in [0.1, 0.15) is 12.3 Å². The SMILES string of the molecule is Cc1[nH]c2ccc(NC(=O)c3cc(OCCN4CCNCC4)nc(N4CCOCC4)n3)cc2c1C. The van der Waals surface area contributed by atoms with E-state index in [2.05, 4.69) is 37.4 Å². The van der Waals surface area contributed by atoms with E-state index >= 15 is 0 Å². The number of morpholine rings is 1. The fraction of sp³-hybridized carbons (Fsp3) is 0.480. The zero-order valence-corrected chi connectivity index (χ0v) is 20.4. The van der Waals surface area contributed by atoms with Crippen molar-refractivity contribution in [3.05, 3.63) is 41.2 Å². The summed E-state index contributed by atoms with van der Waals surface area (Å²) in [6.45, 7) is 12.0. The van der Waals surface area contributed by atoms with Gasteiger partial charge in [-0.25, -0.2) is 4.98 Å². The lowest BCUT2D eigenvalue weighted by Gasteiger charge is -2.28. The number of nitrogens with zero attached hydrogens (tertiary/aromatic N) is 4. The standard InChI is InChI=1S/C25H33N7O3/c1-17-18(2)27-21-4-3-19(15-20(17)21)28-24(33)22-16-23(35-14-9-31-7-5-26-6-8-31)30-25(29-22)32-10-12-34-13-11-32/h3-4,15-16,26-27H,5-14H2,1-2H3,(H,28,33). The van der Waals surface area contributed by atoms with Crippen molar-refractivity contribution in [2.45, 2.75) is 13.8 Å². The van der Waals surface area contributed by atoms with Crippen LogP contribution in [-0.2, 0) is 4.74 Å². The van der Waals surface area contributed by atoms with Gasteiger partial charge in [0.15, 0.2) is 0 Å². The van der Waals surface area contributed by atoms with Gasteiger partial charge in [-0.2, -0.15) is 4.98 Å². The van der Waals surface area contributed by atoms with Gasteiger partial charge in [-0.3, -0.25) is 9.69 Å². The zero-order chi connectivity index (χ0) is 24.2. The van der Waals surface area contributed by atoms with Crippen LogP contribution in [0.1, 0.15) is 21.7 Å². The Balaban J connectivity index is 1.34. The average molecular weight is 480 g/mol. The van der Waals surface area contributed by atoms with Crippen molar-refractivity contribution in [2.24, 2.45) is 0 Å². The molecule has 0 atom stereocenters. The lowest BCUT2D eigenvalue weighted by atomic mass is 10.1. The highest BCUT2D eigenvalue weighted by Crippen LogP contribution is 2.25. The second-order valence-corrected chi connectivity index (χ2v) is 9.02. The highest BCUT2D eigenvalue weighted by atomic mass is 16.5. The molecule has 2 aromatic heterocycles. The summed E-state index contributed by atoms with van der Waals surface area (Å²) in [5.41, 5.74) is 4.35. The summed E-state index contributed by atoms with van der Waals surface area (Å²) < 4.78 is 11.5. The molecule has 1 amide bonds. The van der Waals surface area contributed by atoms with Gasteiger partial charge in [-0.1, -0.05) is 0 Å². The summed E-state index contributed by atoms with van der Waals surface area (Å²) in [6.07, 6.45) is 0. The first-order chi connectivity index (χ1) is 17.1. The summed E-state index contributed by atoms with van der Waals surface area (Å²) in [5, 5.41) is 7.44. The number of ether oxygens (including phenoxy) is 2. The number of hydrogen-bond acceptors (Lipinski definition) is 8. The molecule has 2 aliphatic rings. The van der Waals surface area contributed by atoms with E-state index in [1.165, 1.54) is 5.56 Å². The van der Waals surface area contributed by atoms with Crippen molar-refractivity contribution < 1.29 is 14.3 Å². The Morgan fingerprint density at radius 3 is 2.71 bits per heavy atom. The highest BCUT2D eigenvalue weighted by molar-refractivity contribution is 6.04. The van der Waals surface area contributed by atoms with Gasteiger partial charge < -0.3 is 30.0 Å². The van der Waals surface area contributed by atoms with Crippen molar-refractivity contribution in [3.63, 3.8) is 0 Å². The van der Waals surface area contributed by atoms with Crippen molar-refractivity contribution in [2.75, 3.05) is 75.9 Å². The van der Waals surface area contributed by atoms with E-state index in [1.54, 1.807) is 6.07 Å². The first-order valence-corrected chi connectivity index (χ1v) is 12.2. The minimum Gasteiger partial charge on any atom is -0.476 e. The fourth-order valence-electron chi connectivity index (χ4n) is 4.46. The first kappa shape index (κ1) is 23.5. The van der Waals surface area contributed by atoms with Crippen LogP contribution in [0.2, 0.25) is 0 Å². The van der Waals surface area contributed by atoms with E-state index in [4.69, 9.17) is 9.47 Å². The molecular weight excluding hydrogens is 446 g/mol. The van der Waals surface area contributed by atoms with E-state index in [9.17, 15) is 4.79 Å². The maximum absolute atomic E-state index is 13.2. The molecule has 0 aliphatic carbocycles. The number of amides is 1. The molecule has 2 aliphatic heterocycles. The Hall–Kier alpha value is -3.21. The minimum atomic E-state index is -0.293. The Labute approximate surface area is 205 Å².